The van der Waals surface area contributed by atoms with Gasteiger partial charge in [0, 0.05) is 0 Å². The number of amides is 2. The second-order valence-electron chi connectivity index (χ2n) is 1.85. The third-order valence-electron chi connectivity index (χ3n) is 1.12. The Labute approximate surface area is 61.6 Å². The highest BCUT2D eigenvalue weighted by atomic mass is 16.2. The second kappa shape index (κ2) is 2.41. The van der Waals surface area contributed by atoms with Gasteiger partial charge >= 0.3 is 0 Å². The van der Waals surface area contributed by atoms with Gasteiger partial charge in [0.1, 0.15) is 5.69 Å². The van der Waals surface area contributed by atoms with E-state index in [0.29, 0.717) is 0 Å². The van der Waals surface area contributed by atoms with E-state index in [1.807, 2.05) is 0 Å². The molecule has 0 aliphatic rings. The van der Waals surface area contributed by atoms with Gasteiger partial charge in [0.2, 0.25) is 0 Å². The zero-order chi connectivity index (χ0) is 8.43. The lowest BCUT2D eigenvalue weighted by Gasteiger charge is -1.90. The maximum atomic E-state index is 10.5. The second-order valence-corrected chi connectivity index (χ2v) is 1.85. The van der Waals surface area contributed by atoms with Crippen molar-refractivity contribution in [1.82, 2.24) is 9.97 Å². The largest absolute Gasteiger partial charge is 0.364 e. The van der Waals surface area contributed by atoms with E-state index in [-0.39, 0.29) is 11.4 Å². The molecule has 0 atom stereocenters. The lowest BCUT2D eigenvalue weighted by atomic mass is 10.3. The SMILES string of the molecule is NC(=O)c1nc[nH]c1C(N)=O. The Hall–Kier alpha value is -1.85. The molecule has 0 unspecified atom stereocenters. The van der Waals surface area contributed by atoms with Gasteiger partial charge in [-0.25, -0.2) is 4.98 Å². The first kappa shape index (κ1) is 7.26. The number of nitrogens with two attached hydrogens (primary N) is 2. The lowest BCUT2D eigenvalue weighted by molar-refractivity contribution is 0.0962. The van der Waals surface area contributed by atoms with Crippen molar-refractivity contribution in [2.75, 3.05) is 0 Å². The van der Waals surface area contributed by atoms with Gasteiger partial charge in [-0.1, -0.05) is 0 Å². The summed E-state index contributed by atoms with van der Waals surface area (Å²) in [4.78, 5) is 27.0. The summed E-state index contributed by atoms with van der Waals surface area (Å²) >= 11 is 0. The number of primary amides is 2. The van der Waals surface area contributed by atoms with Crippen LogP contribution in [-0.2, 0) is 0 Å². The van der Waals surface area contributed by atoms with E-state index >= 15 is 0 Å². The Morgan fingerprint density at radius 3 is 2.36 bits per heavy atom. The lowest BCUT2D eigenvalue weighted by Crippen LogP contribution is -2.20. The quantitative estimate of drug-likeness (QED) is 0.486. The number of carbonyl (C=O) groups excluding carboxylic acids is 2. The van der Waals surface area contributed by atoms with E-state index in [1.165, 1.54) is 6.33 Å². The molecule has 6 nitrogen and oxygen atoms in total. The van der Waals surface area contributed by atoms with Crippen LogP contribution in [0.1, 0.15) is 21.0 Å². The van der Waals surface area contributed by atoms with E-state index in [9.17, 15) is 9.59 Å². The summed E-state index contributed by atoms with van der Waals surface area (Å²) in [5.41, 5.74) is 9.56. The van der Waals surface area contributed by atoms with Crippen LogP contribution in [0.5, 0.6) is 0 Å². The molecule has 0 fully saturated rings. The number of H-pyrrole nitrogens is 1. The molecule has 0 saturated heterocycles. The topological polar surface area (TPSA) is 115 Å². The van der Waals surface area contributed by atoms with Crippen molar-refractivity contribution in [2.45, 2.75) is 0 Å². The molecule has 0 aliphatic heterocycles. The molecule has 2 amide bonds. The zero-order valence-corrected chi connectivity index (χ0v) is 5.50. The van der Waals surface area contributed by atoms with E-state index in [1.54, 1.807) is 0 Å². The number of aromatic nitrogens is 2. The smallest absolute Gasteiger partial charge is 0.269 e. The summed E-state index contributed by atoms with van der Waals surface area (Å²) in [6.45, 7) is 0. The third kappa shape index (κ3) is 1.18. The molecule has 0 aliphatic carbocycles. The molecule has 11 heavy (non-hydrogen) atoms. The van der Waals surface area contributed by atoms with Gasteiger partial charge in [0.25, 0.3) is 11.8 Å². The highest BCUT2D eigenvalue weighted by molar-refractivity contribution is 6.03. The van der Waals surface area contributed by atoms with E-state index in [2.05, 4.69) is 9.97 Å². The number of nitrogens with zero attached hydrogens (tertiary/aromatic N) is 1. The predicted octanol–water partition coefficient (Wildman–Crippen LogP) is -1.39. The Kier molecular flexibility index (Phi) is 1.59. The molecule has 1 heterocycles. The maximum absolute atomic E-state index is 10.5. The first-order valence-corrected chi connectivity index (χ1v) is 2.76. The van der Waals surface area contributed by atoms with Crippen LogP contribution in [0, 0.1) is 0 Å². The predicted molar refractivity (Wildman–Crippen MR) is 35.6 cm³/mol. The van der Waals surface area contributed by atoms with Crippen LogP contribution in [0.15, 0.2) is 6.33 Å². The summed E-state index contributed by atoms with van der Waals surface area (Å²) in [6.07, 6.45) is 1.18. The van der Waals surface area contributed by atoms with Gasteiger partial charge in [-0.05, 0) is 0 Å². The molecule has 6 heteroatoms. The fraction of sp³-hybridized carbons (Fsp3) is 0. The number of imidazole rings is 1. The minimum Gasteiger partial charge on any atom is -0.364 e. The van der Waals surface area contributed by atoms with Crippen LogP contribution in [0.4, 0.5) is 0 Å². The van der Waals surface area contributed by atoms with Gasteiger partial charge in [0.15, 0.2) is 5.69 Å². The zero-order valence-electron chi connectivity index (χ0n) is 5.50. The summed E-state index contributed by atoms with van der Waals surface area (Å²) in [5, 5.41) is 0. The van der Waals surface area contributed by atoms with Crippen LogP contribution >= 0.6 is 0 Å². The summed E-state index contributed by atoms with van der Waals surface area (Å²) in [7, 11) is 0. The van der Waals surface area contributed by atoms with Crippen molar-refractivity contribution in [3.63, 3.8) is 0 Å². The number of rotatable bonds is 2. The van der Waals surface area contributed by atoms with Crippen molar-refractivity contribution in [3.05, 3.63) is 17.7 Å². The Balaban J connectivity index is 3.16. The van der Waals surface area contributed by atoms with Crippen molar-refractivity contribution in [2.24, 2.45) is 11.5 Å². The van der Waals surface area contributed by atoms with Crippen LogP contribution in [0.2, 0.25) is 0 Å². The van der Waals surface area contributed by atoms with Crippen LogP contribution < -0.4 is 11.5 Å². The summed E-state index contributed by atoms with van der Waals surface area (Å²) in [6, 6.07) is 0. The van der Waals surface area contributed by atoms with Crippen LogP contribution in [-0.4, -0.2) is 21.8 Å². The fourth-order valence-corrected chi connectivity index (χ4v) is 0.669. The molecule has 0 radical (unpaired) electrons. The first-order chi connectivity index (χ1) is 5.13. The first-order valence-electron chi connectivity index (χ1n) is 2.76. The van der Waals surface area contributed by atoms with Gasteiger partial charge in [-0.15, -0.1) is 0 Å². The summed E-state index contributed by atoms with van der Waals surface area (Å²) in [5.74, 6) is -1.53. The molecular formula is C5H6N4O2. The number of nitrogens with one attached hydrogen (secondary N) is 1. The minimum atomic E-state index is -0.778. The van der Waals surface area contributed by atoms with Crippen LogP contribution in [0.25, 0.3) is 0 Å². The molecular weight excluding hydrogens is 148 g/mol. The molecule has 5 N–H and O–H groups in total. The molecule has 0 saturated carbocycles. The average Bonchev–Trinajstić information content (AvgIpc) is 2.32. The highest BCUT2D eigenvalue weighted by Crippen LogP contribution is 1.99. The molecule has 1 aromatic heterocycles. The molecule has 0 bridgehead atoms. The number of hydrogen-bond acceptors (Lipinski definition) is 3. The Bertz CT molecular complexity index is 275. The molecule has 0 aromatic carbocycles. The Morgan fingerprint density at radius 2 is 2.00 bits per heavy atom. The fourth-order valence-electron chi connectivity index (χ4n) is 0.669. The van der Waals surface area contributed by atoms with Crippen molar-refractivity contribution in [1.29, 1.82) is 0 Å². The highest BCUT2D eigenvalue weighted by Gasteiger charge is 2.14. The van der Waals surface area contributed by atoms with Gasteiger partial charge in [-0.3, -0.25) is 9.59 Å². The minimum absolute atomic E-state index is 0.0579. The molecule has 1 aromatic rings. The number of carbonyl (C=O) groups is 2. The third-order valence-corrected chi connectivity index (χ3v) is 1.12. The normalized spacial score (nSPS) is 9.45. The molecule has 58 valence electrons. The monoisotopic (exact) mass is 154 g/mol. The van der Waals surface area contributed by atoms with Gasteiger partial charge < -0.3 is 16.5 Å². The maximum Gasteiger partial charge on any atom is 0.269 e. The van der Waals surface area contributed by atoms with Crippen molar-refractivity contribution in [3.8, 4) is 0 Å². The standard InChI is InChI=1S/C5H6N4O2/c6-4(10)2-3(5(7)11)9-1-8-2/h1H,(H2,6,10)(H2,7,11)(H,8,9). The van der Waals surface area contributed by atoms with Crippen molar-refractivity contribution >= 4 is 11.8 Å². The van der Waals surface area contributed by atoms with Gasteiger partial charge in [-0.2, -0.15) is 0 Å². The van der Waals surface area contributed by atoms with Crippen molar-refractivity contribution < 1.29 is 9.59 Å². The summed E-state index contributed by atoms with van der Waals surface area (Å²) < 4.78 is 0. The average molecular weight is 154 g/mol. The Morgan fingerprint density at radius 1 is 1.36 bits per heavy atom. The van der Waals surface area contributed by atoms with E-state index < -0.39 is 11.8 Å². The van der Waals surface area contributed by atoms with E-state index in [4.69, 9.17) is 11.5 Å². The number of aromatic amines is 1. The van der Waals surface area contributed by atoms with Gasteiger partial charge in [0.05, 0.1) is 6.33 Å². The molecule has 1 rings (SSSR count). The van der Waals surface area contributed by atoms with E-state index in [0.717, 1.165) is 0 Å². The molecule has 0 spiro atoms. The number of hydrogen-bond donors (Lipinski definition) is 3. The van der Waals surface area contributed by atoms with Crippen LogP contribution in [0.3, 0.4) is 0 Å².